The van der Waals surface area contributed by atoms with Crippen LogP contribution in [-0.4, -0.2) is 279 Å². The number of hydrogen-bond acceptors (Lipinski definition) is 35. The largest absolute Gasteiger partial charge is 1.00 e. The van der Waals surface area contributed by atoms with Crippen LogP contribution in [0, 0.1) is 37.0 Å². The van der Waals surface area contributed by atoms with Crippen molar-refractivity contribution in [2.45, 2.75) is 311 Å². The van der Waals surface area contributed by atoms with Gasteiger partial charge < -0.3 is 138 Å². The van der Waals surface area contributed by atoms with Gasteiger partial charge in [0.1, 0.15) is 34.7 Å². The SMILES string of the molecule is C#CCCC(=O)CCC(=O)NCCCCCNC(=O)CNC(=O)CCC#C.C#CCCC(=O)O.CC(C)(C)OC(=O)NCC(=O)NCCCCCNC(=O)CNC(=O)OC(C)(C)C.CC[C@@H](N)CCCCN.CC[C@H](CCCCNC(=O)CN)NC(=O)CN.CC[C@H](CCCCNC(=O)CNC(=O)OC(C)(C)C)NC(=O)CNC(=O)OC(C)(C)C.O.O.O=C=O.O=C=O.O=C=O.O=C=O.O=C=O.[Na+].[Na+].[OH-].[OH-]. The Morgan fingerprint density at radius 2 is 0.560 bits per heavy atom. The third-order valence-corrected chi connectivity index (χ3v) is 15.0. The Bertz CT molecular complexity index is 3420. The van der Waals surface area contributed by atoms with Crippen molar-refractivity contribution in [1.82, 2.24) is 69.1 Å². The van der Waals surface area contributed by atoms with Crippen molar-refractivity contribution >= 4 is 120 Å². The molecule has 0 aromatic carbocycles. The van der Waals surface area contributed by atoms with Crippen molar-refractivity contribution < 1.29 is 225 Å². The quantitative estimate of drug-likeness (QED) is 0.0117. The molecule has 53 heteroatoms. The van der Waals surface area contributed by atoms with Gasteiger partial charge >= 0.3 is 120 Å². The molecule has 13 amide bonds. The number of carbonyl (C=O) groups is 15. The molecule has 0 bridgehead atoms. The third-order valence-electron chi connectivity index (χ3n) is 15.0. The Balaban J connectivity index is -0.0000000874. The van der Waals surface area contributed by atoms with Gasteiger partial charge in [0.2, 0.25) is 53.2 Å². The van der Waals surface area contributed by atoms with Gasteiger partial charge in [-0.3, -0.25) is 52.7 Å². The number of unbranched alkanes of at least 4 members (excludes halogenated alkanes) is 7. The number of ether oxygens (including phenoxy) is 4. The van der Waals surface area contributed by atoms with Crippen LogP contribution >= 0.6 is 0 Å². The minimum absolute atomic E-state index is 0. The maximum Gasteiger partial charge on any atom is 1.00 e. The van der Waals surface area contributed by atoms with Crippen molar-refractivity contribution in [3.8, 4) is 37.0 Å². The molecule has 802 valence electrons. The standard InChI is InChI=1S/C21H40N4O6.C20H29N3O4.C19H36N4O6.C11H24N4O2.C7H18N2.C5H6O2.5CO2.2Na.4H2O/c1-8-15(25-17(27)14-24-19(29)31-21(5,6)7)11-9-10-12-22-16(26)13-23-18(28)30-20(2,3)4;1-3-5-10-17(24)12-13-19(26)21-14-8-7-9-15-22-20(27)16-23-18(25)11-6-4-2;1-18(2,3)28-16(26)22-12-14(24)20-10-8-7-9-11-21-15(25)13-23-17(27)29-19(4,5)6;1-2-9(15-11(17)8-13)5-3-4-6-14-10(16)7-12;1-2-7(9)5-3-4-6-8;1-2-3-4-5(6)7;5*2-1-3;;;;;;/h15H,8-14H2,1-7H3,(H,22,26)(H,23,28)(H,24,29)(H,25,27);1-2H,5-16H2,(H,21,26)(H,22,27)(H,23,25);7-13H2,1-6H3,(H,20,24)(H,21,25)(H,22,26)(H,23,27);9H,2-8,12-13H2,1H3,(H,14,16)(H,15,17);7H,2-6,8-9H2,1H3;1H,3-4H2,(H,6,7);;;;;;;;4*1H2/q;;;;;;;;;;;2*+1;;;;/p-2/t15-;;;9-;7-;;;;;;;;;;;;/m1..11............/s1. The Kier molecular flexibility index (Phi) is 145. The molecule has 0 saturated carbocycles. The van der Waals surface area contributed by atoms with Crippen molar-refractivity contribution in [3.63, 3.8) is 0 Å². The van der Waals surface area contributed by atoms with Crippen LogP contribution in [0.3, 0.4) is 0 Å². The van der Waals surface area contributed by atoms with Crippen LogP contribution in [0.5, 0.6) is 0 Å². The van der Waals surface area contributed by atoms with Gasteiger partial charge in [0, 0.05) is 102 Å². The number of carboxylic acid groups (broad SMARTS) is 1. The van der Waals surface area contributed by atoms with E-state index in [9.17, 15) is 71.9 Å². The van der Waals surface area contributed by atoms with E-state index in [0.717, 1.165) is 116 Å². The normalized spacial score (nSPS) is 9.82. The molecule has 0 rings (SSSR count). The van der Waals surface area contributed by atoms with Crippen molar-refractivity contribution in [2.75, 3.05) is 91.6 Å². The number of Topliss-reactive ketones (excluding diaryl/α,β-unsaturated/α-hetero) is 1. The maximum absolute atomic E-state index is 12.0. The van der Waals surface area contributed by atoms with E-state index in [1.54, 1.807) is 83.1 Å². The van der Waals surface area contributed by atoms with E-state index in [2.05, 4.69) is 93.8 Å². The number of aliphatic carboxylic acids is 1. The summed E-state index contributed by atoms with van der Waals surface area (Å²) < 4.78 is 20.2. The minimum atomic E-state index is -0.835. The molecular weight excluding hydrogens is 1890 g/mol. The summed E-state index contributed by atoms with van der Waals surface area (Å²) in [5.41, 5.74) is 18.9. The van der Waals surface area contributed by atoms with Gasteiger partial charge in [-0.1, -0.05) is 27.2 Å². The molecule has 0 aromatic rings. The molecule has 0 aromatic heterocycles. The van der Waals surface area contributed by atoms with Crippen molar-refractivity contribution in [1.29, 1.82) is 0 Å². The topological polar surface area (TPSA) is 867 Å². The molecule has 0 aliphatic rings. The van der Waals surface area contributed by atoms with Crippen LogP contribution in [0.15, 0.2) is 0 Å². The predicted octanol–water partition coefficient (Wildman–Crippen LogP) is -6.15. The molecule has 0 radical (unpaired) electrons. The summed E-state index contributed by atoms with van der Waals surface area (Å²) in [5, 5.41) is 42.1. The number of ketones is 1. The Morgan fingerprint density at radius 1 is 0.312 bits per heavy atom. The van der Waals surface area contributed by atoms with Gasteiger partial charge in [-0.25, -0.2) is 19.2 Å². The molecule has 0 fully saturated rings. The van der Waals surface area contributed by atoms with E-state index < -0.39 is 52.7 Å². The van der Waals surface area contributed by atoms with Crippen molar-refractivity contribution in [3.05, 3.63) is 0 Å². The molecule has 0 aliphatic heterocycles. The summed E-state index contributed by atoms with van der Waals surface area (Å²) in [6.07, 6.45) is 31.6. The predicted molar refractivity (Wildman–Crippen MR) is 499 cm³/mol. The number of rotatable bonds is 52. The first-order valence-corrected chi connectivity index (χ1v) is 43.5. The second kappa shape index (κ2) is 121. The molecule has 0 saturated heterocycles. The van der Waals surface area contributed by atoms with Crippen LogP contribution in [-0.2, 0) is 120 Å². The van der Waals surface area contributed by atoms with E-state index in [-0.39, 0.29) is 254 Å². The van der Waals surface area contributed by atoms with Gasteiger partial charge in [0.25, 0.3) is 0 Å². The molecule has 0 unspecified atom stereocenters. The first-order chi connectivity index (χ1) is 63.3. The number of amides is 13. The zero-order valence-electron chi connectivity index (χ0n) is 85.2. The summed E-state index contributed by atoms with van der Waals surface area (Å²) in [7, 11) is 0. The average molecular weight is 2050 g/mol. The van der Waals surface area contributed by atoms with Crippen LogP contribution in [0.4, 0.5) is 19.2 Å². The summed E-state index contributed by atoms with van der Waals surface area (Å²) in [6.45, 7) is 30.4. The Labute approximate surface area is 871 Å². The molecule has 28 N–H and O–H groups in total. The summed E-state index contributed by atoms with van der Waals surface area (Å²) in [5.74, 6) is 4.12. The van der Waals surface area contributed by atoms with E-state index in [1.165, 1.54) is 6.42 Å². The van der Waals surface area contributed by atoms with Crippen molar-refractivity contribution in [2.24, 2.45) is 22.9 Å². The zero-order chi connectivity index (χ0) is 106. The molecular formula is C88H159N17Na2O34. The summed E-state index contributed by atoms with van der Waals surface area (Å²) in [4.78, 5) is 252. The molecule has 141 heavy (non-hydrogen) atoms. The number of hydrogen-bond donors (Lipinski definition) is 18. The van der Waals surface area contributed by atoms with Crippen LogP contribution in [0.1, 0.15) is 271 Å². The van der Waals surface area contributed by atoms with Gasteiger partial charge in [-0.15, -0.1) is 37.0 Å². The fraction of sp³-hybridized carbons (Fsp3) is 0.705. The van der Waals surface area contributed by atoms with E-state index in [4.69, 9.17) is 114 Å². The monoisotopic (exact) mass is 2040 g/mol. The van der Waals surface area contributed by atoms with E-state index >= 15 is 0 Å². The fourth-order valence-corrected chi connectivity index (χ4v) is 8.83. The summed E-state index contributed by atoms with van der Waals surface area (Å²) in [6, 6.07) is 0.560. The first-order valence-electron chi connectivity index (χ1n) is 43.5. The van der Waals surface area contributed by atoms with Gasteiger partial charge in [0.05, 0.1) is 45.7 Å². The van der Waals surface area contributed by atoms with Gasteiger partial charge in [-0.05, 0) is 199 Å². The van der Waals surface area contributed by atoms with E-state index in [0.29, 0.717) is 71.0 Å². The summed E-state index contributed by atoms with van der Waals surface area (Å²) >= 11 is 0. The molecule has 0 aliphatic carbocycles. The second-order valence-electron chi connectivity index (χ2n) is 31.6. The maximum atomic E-state index is 12.0. The third kappa shape index (κ3) is 172. The van der Waals surface area contributed by atoms with Gasteiger partial charge in [0.15, 0.2) is 0 Å². The van der Waals surface area contributed by atoms with Crippen LogP contribution in [0.2, 0.25) is 0 Å². The second-order valence-corrected chi connectivity index (χ2v) is 31.6. The van der Waals surface area contributed by atoms with Gasteiger partial charge in [-0.2, -0.15) is 47.9 Å². The number of alkyl carbamates (subject to hydrolysis) is 4. The van der Waals surface area contributed by atoms with Crippen LogP contribution < -0.4 is 151 Å². The van der Waals surface area contributed by atoms with E-state index in [1.807, 2.05) is 13.8 Å². The Morgan fingerprint density at radius 3 is 0.823 bits per heavy atom. The molecule has 0 spiro atoms. The number of nitrogens with one attached hydrogen (secondary N) is 13. The molecule has 51 nitrogen and oxygen atoms in total. The molecule has 3 atom stereocenters. The first kappa shape index (κ1) is 169. The Hall–Kier alpha value is -11.3. The number of terminal acetylenes is 3. The number of carboxylic acids is 1. The fourth-order valence-electron chi connectivity index (χ4n) is 8.83. The van der Waals surface area contributed by atoms with Crippen LogP contribution in [0.25, 0.3) is 0 Å². The number of carbonyl (C=O) groups excluding carboxylic acids is 24. The minimum Gasteiger partial charge on any atom is -0.870 e. The average Bonchev–Trinajstić information content (AvgIpc) is 0.955. The smallest absolute Gasteiger partial charge is 0.870 e. The molecule has 0 heterocycles. The number of nitrogens with two attached hydrogens (primary N) is 4. The zero-order valence-corrected chi connectivity index (χ0v) is 89.2.